The van der Waals surface area contributed by atoms with E-state index >= 15 is 0 Å². The normalized spacial score (nSPS) is 17.0. The van der Waals surface area contributed by atoms with Crippen LogP contribution in [0.1, 0.15) is 35.2 Å². The lowest BCUT2D eigenvalue weighted by molar-refractivity contribution is -0.139. The van der Waals surface area contributed by atoms with Crippen molar-refractivity contribution in [2.75, 3.05) is 18.1 Å². The highest BCUT2D eigenvalue weighted by Gasteiger charge is 2.48. The van der Waals surface area contributed by atoms with Crippen molar-refractivity contribution < 1.29 is 19.4 Å². The Morgan fingerprint density at radius 2 is 1.92 bits per heavy atom. The third-order valence-corrected chi connectivity index (χ3v) is 5.23. The third-order valence-electron chi connectivity index (χ3n) is 5.23. The first-order chi connectivity index (χ1) is 12.1. The van der Waals surface area contributed by atoms with E-state index in [-0.39, 0.29) is 11.3 Å². The van der Waals surface area contributed by atoms with Gasteiger partial charge in [0.1, 0.15) is 5.75 Å². The standard InChI is InChI=1S/C20H19NO4/c22-18(23)12-25-15-6-3-5-14(11-15)19(24)21-13-20(9-4-10-20)16-7-1-2-8-17(16)21/h1-3,5-8,11H,4,9-10,12-13H2,(H,22,23). The lowest BCUT2D eigenvalue weighted by Crippen LogP contribution is -2.41. The van der Waals surface area contributed by atoms with Gasteiger partial charge in [-0.15, -0.1) is 0 Å². The van der Waals surface area contributed by atoms with Crippen LogP contribution in [0.25, 0.3) is 0 Å². The molecule has 0 bridgehead atoms. The van der Waals surface area contributed by atoms with Crippen molar-refractivity contribution in [1.82, 2.24) is 0 Å². The van der Waals surface area contributed by atoms with Crippen LogP contribution >= 0.6 is 0 Å². The Kier molecular flexibility index (Phi) is 3.71. The highest BCUT2D eigenvalue weighted by molar-refractivity contribution is 6.08. The predicted octanol–water partition coefficient (Wildman–Crippen LogP) is 3.23. The zero-order valence-electron chi connectivity index (χ0n) is 13.8. The summed E-state index contributed by atoms with van der Waals surface area (Å²) in [4.78, 5) is 25.6. The SMILES string of the molecule is O=C(O)COc1cccc(C(=O)N2CC3(CCC3)c3ccccc32)c1. The zero-order valence-corrected chi connectivity index (χ0v) is 13.8. The average molecular weight is 337 g/mol. The molecule has 2 aromatic carbocycles. The number of hydrogen-bond donors (Lipinski definition) is 1. The van der Waals surface area contributed by atoms with Gasteiger partial charge in [0.25, 0.3) is 5.91 Å². The van der Waals surface area contributed by atoms with Crippen molar-refractivity contribution in [3.8, 4) is 5.75 Å². The first-order valence-corrected chi connectivity index (χ1v) is 8.45. The Labute approximate surface area is 145 Å². The van der Waals surface area contributed by atoms with Gasteiger partial charge in [0, 0.05) is 23.2 Å². The van der Waals surface area contributed by atoms with E-state index in [4.69, 9.17) is 9.84 Å². The molecule has 1 spiro atoms. The van der Waals surface area contributed by atoms with Crippen LogP contribution in [-0.2, 0) is 10.2 Å². The van der Waals surface area contributed by atoms with Crippen LogP contribution in [0.15, 0.2) is 48.5 Å². The van der Waals surface area contributed by atoms with Crippen LogP contribution in [0, 0.1) is 0 Å². The molecule has 128 valence electrons. The molecule has 1 amide bonds. The van der Waals surface area contributed by atoms with Crippen molar-refractivity contribution in [2.24, 2.45) is 0 Å². The molecule has 0 radical (unpaired) electrons. The van der Waals surface area contributed by atoms with Gasteiger partial charge in [-0.05, 0) is 42.7 Å². The number of ether oxygens (including phenoxy) is 1. The Balaban J connectivity index is 1.62. The number of hydrogen-bond acceptors (Lipinski definition) is 3. The number of carboxylic acid groups (broad SMARTS) is 1. The summed E-state index contributed by atoms with van der Waals surface area (Å²) in [6.07, 6.45) is 3.44. The molecule has 1 heterocycles. The van der Waals surface area contributed by atoms with Crippen molar-refractivity contribution in [2.45, 2.75) is 24.7 Å². The minimum atomic E-state index is -1.04. The summed E-state index contributed by atoms with van der Waals surface area (Å²) in [6.45, 7) is 0.290. The number of carboxylic acids is 1. The Morgan fingerprint density at radius 1 is 1.12 bits per heavy atom. The van der Waals surface area contributed by atoms with Gasteiger partial charge in [0.05, 0.1) is 0 Å². The Bertz CT molecular complexity index is 841. The van der Waals surface area contributed by atoms with E-state index in [2.05, 4.69) is 6.07 Å². The zero-order chi connectivity index (χ0) is 17.4. The van der Waals surface area contributed by atoms with Crippen molar-refractivity contribution in [3.05, 3.63) is 59.7 Å². The van der Waals surface area contributed by atoms with Gasteiger partial charge >= 0.3 is 5.97 Å². The van der Waals surface area contributed by atoms with Crippen LogP contribution in [0.4, 0.5) is 5.69 Å². The minimum absolute atomic E-state index is 0.0722. The number of benzene rings is 2. The highest BCUT2D eigenvalue weighted by atomic mass is 16.5. The van der Waals surface area contributed by atoms with Gasteiger partial charge in [0.15, 0.2) is 6.61 Å². The van der Waals surface area contributed by atoms with Crippen LogP contribution in [-0.4, -0.2) is 30.1 Å². The fraction of sp³-hybridized carbons (Fsp3) is 0.300. The largest absolute Gasteiger partial charge is 0.482 e. The Hall–Kier alpha value is -2.82. The van der Waals surface area contributed by atoms with Crippen LogP contribution in [0.3, 0.4) is 0 Å². The number of anilines is 1. The van der Waals surface area contributed by atoms with E-state index in [0.717, 1.165) is 18.5 Å². The number of rotatable bonds is 4. The van der Waals surface area contributed by atoms with Crippen LogP contribution in [0.2, 0.25) is 0 Å². The summed E-state index contributed by atoms with van der Waals surface area (Å²) in [5, 5.41) is 8.73. The molecule has 1 aliphatic heterocycles. The molecular weight excluding hydrogens is 318 g/mol. The quantitative estimate of drug-likeness (QED) is 0.930. The van der Waals surface area contributed by atoms with E-state index in [1.807, 2.05) is 23.1 Å². The molecular formula is C20H19NO4. The lowest BCUT2D eigenvalue weighted by atomic mass is 9.66. The summed E-state index contributed by atoms with van der Waals surface area (Å²) in [6, 6.07) is 14.9. The van der Waals surface area contributed by atoms with Crippen LogP contribution in [0.5, 0.6) is 5.75 Å². The Morgan fingerprint density at radius 3 is 2.64 bits per heavy atom. The van der Waals surface area contributed by atoms with Gasteiger partial charge in [-0.2, -0.15) is 0 Å². The maximum absolute atomic E-state index is 13.1. The van der Waals surface area contributed by atoms with Crippen molar-refractivity contribution in [3.63, 3.8) is 0 Å². The lowest BCUT2D eigenvalue weighted by Gasteiger charge is -2.39. The molecule has 25 heavy (non-hydrogen) atoms. The molecule has 4 rings (SSSR count). The van der Waals surface area contributed by atoms with E-state index in [1.165, 1.54) is 12.0 Å². The maximum atomic E-state index is 13.1. The highest BCUT2D eigenvalue weighted by Crippen LogP contribution is 2.52. The summed E-state index contributed by atoms with van der Waals surface area (Å²) < 4.78 is 5.19. The second kappa shape index (κ2) is 5.92. The number of carbonyl (C=O) groups excluding carboxylic acids is 1. The second-order valence-electron chi connectivity index (χ2n) is 6.75. The summed E-state index contributed by atoms with van der Waals surface area (Å²) >= 11 is 0. The van der Waals surface area contributed by atoms with E-state index in [9.17, 15) is 9.59 Å². The average Bonchev–Trinajstić information content (AvgIpc) is 2.95. The fourth-order valence-electron chi connectivity index (χ4n) is 3.86. The molecule has 1 aliphatic carbocycles. The molecule has 0 saturated heterocycles. The number of nitrogens with zero attached hydrogens (tertiary/aromatic N) is 1. The molecule has 0 atom stereocenters. The van der Waals surface area contributed by atoms with Crippen LogP contribution < -0.4 is 9.64 Å². The molecule has 1 N–H and O–H groups in total. The topological polar surface area (TPSA) is 66.8 Å². The van der Waals surface area contributed by atoms with E-state index < -0.39 is 12.6 Å². The summed E-state index contributed by atoms with van der Waals surface area (Å²) in [5.74, 6) is -0.729. The van der Waals surface area contributed by atoms with Gasteiger partial charge < -0.3 is 14.7 Å². The molecule has 5 heteroatoms. The second-order valence-corrected chi connectivity index (χ2v) is 6.75. The van der Waals surface area contributed by atoms with E-state index in [1.54, 1.807) is 24.3 Å². The fourth-order valence-corrected chi connectivity index (χ4v) is 3.86. The van der Waals surface area contributed by atoms with Gasteiger partial charge in [0.2, 0.25) is 0 Å². The number of fused-ring (bicyclic) bond motifs is 2. The number of amides is 1. The monoisotopic (exact) mass is 337 g/mol. The third kappa shape index (κ3) is 2.65. The van der Waals surface area contributed by atoms with Crippen molar-refractivity contribution in [1.29, 1.82) is 0 Å². The number of carbonyl (C=O) groups is 2. The molecule has 2 aliphatic rings. The molecule has 0 aromatic heterocycles. The minimum Gasteiger partial charge on any atom is -0.482 e. The molecule has 0 unspecified atom stereocenters. The molecule has 1 fully saturated rings. The smallest absolute Gasteiger partial charge is 0.341 e. The molecule has 5 nitrogen and oxygen atoms in total. The molecule has 1 saturated carbocycles. The van der Waals surface area contributed by atoms with Gasteiger partial charge in [-0.25, -0.2) is 4.79 Å². The maximum Gasteiger partial charge on any atom is 0.341 e. The summed E-state index contributed by atoms with van der Waals surface area (Å²) in [7, 11) is 0. The van der Waals surface area contributed by atoms with E-state index in [0.29, 0.717) is 17.9 Å². The van der Waals surface area contributed by atoms with Gasteiger partial charge in [-0.1, -0.05) is 30.7 Å². The first kappa shape index (κ1) is 15.7. The number of para-hydroxylation sites is 1. The number of aliphatic carboxylic acids is 1. The predicted molar refractivity (Wildman–Crippen MR) is 93.2 cm³/mol. The van der Waals surface area contributed by atoms with Gasteiger partial charge in [-0.3, -0.25) is 4.79 Å². The summed E-state index contributed by atoms with van der Waals surface area (Å²) in [5.41, 5.74) is 2.88. The first-order valence-electron chi connectivity index (χ1n) is 8.45. The molecule has 2 aromatic rings. The van der Waals surface area contributed by atoms with Crippen molar-refractivity contribution >= 4 is 17.6 Å².